The first-order valence-corrected chi connectivity index (χ1v) is 11.4. The Labute approximate surface area is 186 Å². The Morgan fingerprint density at radius 3 is 2.28 bits per heavy atom. The van der Waals surface area contributed by atoms with Gasteiger partial charge in [0.2, 0.25) is 10.0 Å². The first-order valence-electron chi connectivity index (χ1n) is 9.88. The average Bonchev–Trinajstić information content (AvgIpc) is 3.35. The van der Waals surface area contributed by atoms with Gasteiger partial charge in [-0.3, -0.25) is 4.79 Å². The molecule has 3 aromatic carbocycles. The Bertz CT molecular complexity index is 1310. The van der Waals surface area contributed by atoms with Gasteiger partial charge in [0.15, 0.2) is 0 Å². The molecule has 162 valence electrons. The second-order valence-electron chi connectivity index (χ2n) is 7.10. The molecule has 1 amide bonds. The molecule has 0 radical (unpaired) electrons. The fraction of sp³-hybridized carbons (Fsp3) is 0.0870. The first-order chi connectivity index (χ1) is 15.4. The second kappa shape index (κ2) is 9.13. The lowest BCUT2D eigenvalue weighted by molar-refractivity contribution is 0.102. The van der Waals surface area contributed by atoms with Crippen LogP contribution in [0.5, 0.6) is 0 Å². The lowest BCUT2D eigenvalue weighted by Crippen LogP contribution is -2.27. The van der Waals surface area contributed by atoms with Crippen LogP contribution in [0.3, 0.4) is 0 Å². The van der Waals surface area contributed by atoms with E-state index in [1.54, 1.807) is 55.7 Å². The van der Waals surface area contributed by atoms with Crippen LogP contribution in [-0.4, -0.2) is 29.3 Å². The maximum atomic E-state index is 12.8. The Hall–Kier alpha value is -3.82. The third-order valence-corrected chi connectivity index (χ3v) is 6.35. The highest BCUT2D eigenvalue weighted by atomic mass is 32.2. The summed E-state index contributed by atoms with van der Waals surface area (Å²) in [7, 11) is -3.81. The van der Waals surface area contributed by atoms with Crippen molar-refractivity contribution in [3.05, 3.63) is 102 Å². The highest BCUT2D eigenvalue weighted by Crippen LogP contribution is 2.19. The molecule has 32 heavy (non-hydrogen) atoms. The van der Waals surface area contributed by atoms with Crippen LogP contribution in [0.1, 0.15) is 28.9 Å². The summed E-state index contributed by atoms with van der Waals surface area (Å²) in [4.78, 5) is 14.2. The van der Waals surface area contributed by atoms with E-state index in [-0.39, 0.29) is 10.5 Å². The van der Waals surface area contributed by atoms with E-state index >= 15 is 0 Å². The van der Waals surface area contributed by atoms with Gasteiger partial charge in [-0.2, -0.15) is 15.0 Å². The number of carbonyl (C=O) groups is 1. The normalized spacial score (nSPS) is 12.3. The summed E-state index contributed by atoms with van der Waals surface area (Å²) in [5, 5.41) is 10.9. The molecule has 0 saturated heterocycles. The zero-order valence-corrected chi connectivity index (χ0v) is 18.0. The van der Waals surface area contributed by atoms with Gasteiger partial charge in [0, 0.05) is 17.3 Å². The summed E-state index contributed by atoms with van der Waals surface area (Å²) >= 11 is 0. The molecule has 1 aromatic heterocycles. The third-order valence-electron chi connectivity index (χ3n) is 4.81. The van der Waals surface area contributed by atoms with E-state index in [1.807, 2.05) is 30.3 Å². The largest absolute Gasteiger partial charge is 0.322 e. The van der Waals surface area contributed by atoms with E-state index in [9.17, 15) is 13.2 Å². The molecular weight excluding hydrogens is 426 g/mol. The van der Waals surface area contributed by atoms with Crippen LogP contribution in [-0.2, 0) is 10.0 Å². The molecule has 0 aliphatic carbocycles. The number of amides is 1. The number of sulfonamides is 1. The number of hydrogen-bond acceptors (Lipinski definition) is 5. The van der Waals surface area contributed by atoms with Crippen molar-refractivity contribution in [1.82, 2.24) is 19.7 Å². The van der Waals surface area contributed by atoms with E-state index in [2.05, 4.69) is 20.2 Å². The van der Waals surface area contributed by atoms with Crippen LogP contribution in [0.15, 0.2) is 96.2 Å². The number of rotatable bonds is 7. The number of nitrogens with zero attached hydrogens (tertiary/aromatic N) is 3. The molecule has 4 aromatic rings. The lowest BCUT2D eigenvalue weighted by Gasteiger charge is -2.15. The predicted molar refractivity (Wildman–Crippen MR) is 121 cm³/mol. The molecule has 0 spiro atoms. The van der Waals surface area contributed by atoms with Crippen molar-refractivity contribution in [3.8, 4) is 5.69 Å². The van der Waals surface area contributed by atoms with E-state index in [0.717, 1.165) is 11.3 Å². The maximum absolute atomic E-state index is 12.8. The van der Waals surface area contributed by atoms with Crippen LogP contribution >= 0.6 is 0 Å². The topological polar surface area (TPSA) is 106 Å². The maximum Gasteiger partial charge on any atom is 0.255 e. The third kappa shape index (κ3) is 4.90. The van der Waals surface area contributed by atoms with Gasteiger partial charge >= 0.3 is 0 Å². The van der Waals surface area contributed by atoms with Crippen molar-refractivity contribution in [2.75, 3.05) is 5.32 Å². The average molecular weight is 448 g/mol. The van der Waals surface area contributed by atoms with Crippen molar-refractivity contribution < 1.29 is 13.2 Å². The molecule has 2 N–H and O–H groups in total. The van der Waals surface area contributed by atoms with E-state index < -0.39 is 22.0 Å². The number of anilines is 1. The van der Waals surface area contributed by atoms with Crippen molar-refractivity contribution >= 4 is 21.6 Å². The van der Waals surface area contributed by atoms with E-state index in [4.69, 9.17) is 0 Å². The predicted octanol–water partition coefficient (Wildman–Crippen LogP) is 3.56. The number of hydrogen-bond donors (Lipinski definition) is 2. The zero-order chi connectivity index (χ0) is 22.6. The van der Waals surface area contributed by atoms with Crippen molar-refractivity contribution in [2.24, 2.45) is 0 Å². The van der Waals surface area contributed by atoms with Crippen LogP contribution in [0.2, 0.25) is 0 Å². The highest BCUT2D eigenvalue weighted by Gasteiger charge is 2.20. The molecule has 0 fully saturated rings. The number of benzene rings is 3. The van der Waals surface area contributed by atoms with Crippen LogP contribution < -0.4 is 10.0 Å². The fourth-order valence-electron chi connectivity index (χ4n) is 3.15. The standard InChI is InChI=1S/C23H21N5O3S/c1-17(18-6-3-2-4-7-18)27-32(30,31)22-9-5-8-19(16-22)23(29)26-20-10-12-21(13-11-20)28-24-14-15-25-28/h2-17,27H,1H3,(H,26,29). The van der Waals surface area contributed by atoms with E-state index in [1.165, 1.54) is 16.9 Å². The Balaban J connectivity index is 1.47. The molecule has 1 heterocycles. The summed E-state index contributed by atoms with van der Waals surface area (Å²) in [6, 6.07) is 21.8. The van der Waals surface area contributed by atoms with Crippen LogP contribution in [0.25, 0.3) is 5.69 Å². The fourth-order valence-corrected chi connectivity index (χ4v) is 4.42. The minimum Gasteiger partial charge on any atom is -0.322 e. The second-order valence-corrected chi connectivity index (χ2v) is 8.81. The highest BCUT2D eigenvalue weighted by molar-refractivity contribution is 7.89. The van der Waals surface area contributed by atoms with Gasteiger partial charge in [-0.15, -0.1) is 0 Å². The molecule has 0 saturated carbocycles. The number of carbonyl (C=O) groups excluding carboxylic acids is 1. The van der Waals surface area contributed by atoms with Gasteiger partial charge in [0.25, 0.3) is 5.91 Å². The van der Waals surface area contributed by atoms with Crippen molar-refractivity contribution in [3.63, 3.8) is 0 Å². The molecule has 8 nitrogen and oxygen atoms in total. The van der Waals surface area contributed by atoms with Crippen molar-refractivity contribution in [2.45, 2.75) is 17.9 Å². The summed E-state index contributed by atoms with van der Waals surface area (Å²) in [5.41, 5.74) is 2.39. The molecule has 9 heteroatoms. The smallest absolute Gasteiger partial charge is 0.255 e. The number of aromatic nitrogens is 3. The van der Waals surface area contributed by atoms with Gasteiger partial charge in [0.1, 0.15) is 0 Å². The van der Waals surface area contributed by atoms with Gasteiger partial charge in [0.05, 0.1) is 23.0 Å². The summed E-state index contributed by atoms with van der Waals surface area (Å²) in [6.07, 6.45) is 3.15. The van der Waals surface area contributed by atoms with Gasteiger partial charge < -0.3 is 5.32 Å². The molecule has 0 bridgehead atoms. The molecule has 1 unspecified atom stereocenters. The summed E-state index contributed by atoms with van der Waals surface area (Å²) < 4.78 is 28.3. The van der Waals surface area contributed by atoms with Crippen LogP contribution in [0.4, 0.5) is 5.69 Å². The molecule has 1 atom stereocenters. The zero-order valence-electron chi connectivity index (χ0n) is 17.2. The molecular formula is C23H21N5O3S. The Kier molecular flexibility index (Phi) is 6.11. The lowest BCUT2D eigenvalue weighted by atomic mass is 10.1. The quantitative estimate of drug-likeness (QED) is 0.451. The molecule has 0 aliphatic rings. The van der Waals surface area contributed by atoms with Crippen LogP contribution in [0, 0.1) is 0 Å². The molecule has 4 rings (SSSR count). The minimum absolute atomic E-state index is 0.0213. The Morgan fingerprint density at radius 2 is 1.59 bits per heavy atom. The molecule has 0 aliphatic heterocycles. The van der Waals surface area contributed by atoms with Gasteiger partial charge in [-0.1, -0.05) is 36.4 Å². The summed E-state index contributed by atoms with van der Waals surface area (Å²) in [6.45, 7) is 1.77. The monoisotopic (exact) mass is 447 g/mol. The Morgan fingerprint density at radius 1 is 0.906 bits per heavy atom. The number of nitrogens with one attached hydrogen (secondary N) is 2. The van der Waals surface area contributed by atoms with Gasteiger partial charge in [-0.25, -0.2) is 13.1 Å². The summed E-state index contributed by atoms with van der Waals surface area (Å²) in [5.74, 6) is -0.414. The SMILES string of the molecule is CC(NS(=O)(=O)c1cccc(C(=O)Nc2ccc(-n3nccn3)cc2)c1)c1ccccc1. The minimum atomic E-state index is -3.81. The van der Waals surface area contributed by atoms with Gasteiger partial charge in [-0.05, 0) is 55.0 Å². The van der Waals surface area contributed by atoms with E-state index in [0.29, 0.717) is 5.69 Å². The first kappa shape index (κ1) is 21.4. The van der Waals surface area contributed by atoms with Crippen molar-refractivity contribution in [1.29, 1.82) is 0 Å².